The number of nitro benzene ring substituents is 1. The third-order valence-electron chi connectivity index (χ3n) is 8.55. The number of ether oxygens (including phenoxy) is 2. The SMILES string of the molecule is CCn1c2ccccc2c2cc(CN(Cc3cc(OC)c(OC)cc3[N+](=O)[O-])CC3CCC(CN)CC3)ccc21. The Hall–Kier alpha value is -3.62. The predicted molar refractivity (Wildman–Crippen MR) is 160 cm³/mol. The number of para-hydroxylation sites is 1. The monoisotopic (exact) mass is 544 g/mol. The Labute approximate surface area is 235 Å². The second kappa shape index (κ2) is 12.3. The van der Waals surface area contributed by atoms with Crippen molar-refractivity contribution < 1.29 is 14.4 Å². The molecule has 1 fully saturated rings. The van der Waals surface area contributed by atoms with Crippen molar-refractivity contribution in [1.82, 2.24) is 9.47 Å². The largest absolute Gasteiger partial charge is 0.493 e. The number of nitrogens with two attached hydrogens (primary N) is 1. The second-order valence-electron chi connectivity index (χ2n) is 11.0. The molecule has 2 N–H and O–H groups in total. The average molecular weight is 545 g/mol. The Morgan fingerprint density at radius 1 is 0.925 bits per heavy atom. The van der Waals surface area contributed by atoms with Gasteiger partial charge in [-0.1, -0.05) is 24.3 Å². The highest BCUT2D eigenvalue weighted by atomic mass is 16.6. The van der Waals surface area contributed by atoms with Crippen LogP contribution in [0.15, 0.2) is 54.6 Å². The molecule has 0 saturated heterocycles. The number of rotatable bonds is 11. The molecule has 0 atom stereocenters. The summed E-state index contributed by atoms with van der Waals surface area (Å²) in [4.78, 5) is 14.1. The second-order valence-corrected chi connectivity index (χ2v) is 11.0. The van der Waals surface area contributed by atoms with Crippen LogP contribution in [0.5, 0.6) is 11.5 Å². The molecule has 0 amide bonds. The third-order valence-corrected chi connectivity index (χ3v) is 8.55. The molecule has 1 heterocycles. The average Bonchev–Trinajstić information content (AvgIpc) is 3.30. The lowest BCUT2D eigenvalue weighted by molar-refractivity contribution is -0.385. The number of methoxy groups -OCH3 is 2. The molecule has 40 heavy (non-hydrogen) atoms. The summed E-state index contributed by atoms with van der Waals surface area (Å²) in [6.45, 7) is 5.85. The van der Waals surface area contributed by atoms with Crippen molar-refractivity contribution in [3.05, 3.63) is 75.8 Å². The molecule has 4 aromatic rings. The van der Waals surface area contributed by atoms with Crippen LogP contribution in [0.1, 0.15) is 43.7 Å². The van der Waals surface area contributed by atoms with E-state index in [2.05, 4.69) is 58.9 Å². The van der Waals surface area contributed by atoms with Crippen LogP contribution in [0, 0.1) is 22.0 Å². The number of nitro groups is 1. The topological polar surface area (TPSA) is 95.8 Å². The lowest BCUT2D eigenvalue weighted by atomic mass is 9.82. The van der Waals surface area contributed by atoms with E-state index in [1.54, 1.807) is 13.2 Å². The summed E-state index contributed by atoms with van der Waals surface area (Å²) < 4.78 is 13.2. The first-order chi connectivity index (χ1) is 19.4. The fraction of sp³-hybridized carbons (Fsp3) is 0.438. The molecule has 1 aliphatic carbocycles. The van der Waals surface area contributed by atoms with E-state index in [4.69, 9.17) is 15.2 Å². The number of fused-ring (bicyclic) bond motifs is 3. The van der Waals surface area contributed by atoms with Crippen molar-refractivity contribution in [2.75, 3.05) is 27.3 Å². The minimum absolute atomic E-state index is 0.0518. The van der Waals surface area contributed by atoms with Gasteiger partial charge in [0.1, 0.15) is 0 Å². The van der Waals surface area contributed by atoms with Crippen molar-refractivity contribution in [2.45, 2.75) is 52.2 Å². The van der Waals surface area contributed by atoms with Gasteiger partial charge in [0.25, 0.3) is 5.69 Å². The minimum Gasteiger partial charge on any atom is -0.493 e. The number of aryl methyl sites for hydroxylation is 1. The van der Waals surface area contributed by atoms with Gasteiger partial charge < -0.3 is 19.8 Å². The zero-order valence-corrected chi connectivity index (χ0v) is 23.8. The first-order valence-electron chi connectivity index (χ1n) is 14.3. The molecular weight excluding hydrogens is 504 g/mol. The molecule has 5 rings (SSSR count). The summed E-state index contributed by atoms with van der Waals surface area (Å²) in [5.41, 5.74) is 10.3. The smallest absolute Gasteiger partial charge is 0.277 e. The summed E-state index contributed by atoms with van der Waals surface area (Å²) in [7, 11) is 3.06. The maximum Gasteiger partial charge on any atom is 0.277 e. The zero-order chi connectivity index (χ0) is 28.2. The summed E-state index contributed by atoms with van der Waals surface area (Å²) in [6, 6.07) is 18.5. The molecule has 1 aromatic heterocycles. The van der Waals surface area contributed by atoms with Gasteiger partial charge in [-0.25, -0.2) is 0 Å². The first-order valence-corrected chi connectivity index (χ1v) is 14.3. The fourth-order valence-corrected chi connectivity index (χ4v) is 6.45. The molecule has 0 radical (unpaired) electrons. The highest BCUT2D eigenvalue weighted by molar-refractivity contribution is 6.08. The van der Waals surface area contributed by atoms with E-state index in [0.29, 0.717) is 42.0 Å². The van der Waals surface area contributed by atoms with E-state index in [0.717, 1.165) is 45.3 Å². The van der Waals surface area contributed by atoms with Crippen molar-refractivity contribution in [3.63, 3.8) is 0 Å². The Bertz CT molecular complexity index is 1490. The van der Waals surface area contributed by atoms with Gasteiger partial charge in [0.2, 0.25) is 0 Å². The minimum atomic E-state index is -0.326. The summed E-state index contributed by atoms with van der Waals surface area (Å²) in [5.74, 6) is 2.00. The predicted octanol–water partition coefficient (Wildman–Crippen LogP) is 6.51. The molecule has 0 bridgehead atoms. The number of hydrogen-bond acceptors (Lipinski definition) is 6. The van der Waals surface area contributed by atoms with Crippen LogP contribution >= 0.6 is 0 Å². The van der Waals surface area contributed by atoms with Gasteiger partial charge in [-0.05, 0) is 80.8 Å². The number of aromatic nitrogens is 1. The van der Waals surface area contributed by atoms with Gasteiger partial charge in [-0.15, -0.1) is 0 Å². The molecule has 1 aliphatic rings. The molecule has 8 nitrogen and oxygen atoms in total. The molecule has 0 spiro atoms. The Balaban J connectivity index is 1.49. The summed E-state index contributed by atoms with van der Waals surface area (Å²) >= 11 is 0. The van der Waals surface area contributed by atoms with E-state index in [9.17, 15) is 10.1 Å². The summed E-state index contributed by atoms with van der Waals surface area (Å²) in [6.07, 6.45) is 4.56. The van der Waals surface area contributed by atoms with Gasteiger partial charge in [0.15, 0.2) is 11.5 Å². The van der Waals surface area contributed by atoms with Gasteiger partial charge >= 0.3 is 0 Å². The van der Waals surface area contributed by atoms with E-state index in [1.807, 2.05) is 0 Å². The lowest BCUT2D eigenvalue weighted by Crippen LogP contribution is -2.32. The molecule has 8 heteroatoms. The lowest BCUT2D eigenvalue weighted by Gasteiger charge is -2.32. The molecule has 212 valence electrons. The van der Waals surface area contributed by atoms with Crippen molar-refractivity contribution in [3.8, 4) is 11.5 Å². The van der Waals surface area contributed by atoms with E-state index in [-0.39, 0.29) is 10.6 Å². The van der Waals surface area contributed by atoms with Gasteiger partial charge in [-0.2, -0.15) is 0 Å². The van der Waals surface area contributed by atoms with Crippen LogP contribution in [-0.4, -0.2) is 41.7 Å². The third kappa shape index (κ3) is 5.64. The maximum atomic E-state index is 12.1. The van der Waals surface area contributed by atoms with Gasteiger partial charge in [0.05, 0.1) is 25.2 Å². The Morgan fingerprint density at radius 2 is 1.60 bits per heavy atom. The Kier molecular flexibility index (Phi) is 8.57. The van der Waals surface area contributed by atoms with Crippen LogP contribution in [0.3, 0.4) is 0 Å². The molecule has 0 unspecified atom stereocenters. The first kappa shape index (κ1) is 27.9. The number of nitrogens with zero attached hydrogens (tertiary/aromatic N) is 3. The van der Waals surface area contributed by atoms with E-state index in [1.165, 1.54) is 40.5 Å². The van der Waals surface area contributed by atoms with Crippen molar-refractivity contribution in [1.29, 1.82) is 0 Å². The van der Waals surface area contributed by atoms with Gasteiger partial charge in [0, 0.05) is 53.5 Å². The molecular formula is C32H40N4O4. The molecule has 0 aliphatic heterocycles. The standard InChI is InChI=1S/C32H40N4O4/c1-4-35-28-8-6-5-7-26(28)27-15-24(13-14-29(27)35)20-34(19-23-11-9-22(18-33)10-12-23)21-25-16-31(39-2)32(40-3)17-30(25)36(37)38/h5-8,13-17,22-23H,4,9-12,18-21,33H2,1-3H3. The van der Waals surface area contributed by atoms with E-state index < -0.39 is 0 Å². The molecule has 3 aromatic carbocycles. The van der Waals surface area contributed by atoms with Crippen LogP contribution in [-0.2, 0) is 19.6 Å². The quantitative estimate of drug-likeness (QED) is 0.171. The van der Waals surface area contributed by atoms with Crippen LogP contribution in [0.4, 0.5) is 5.69 Å². The number of benzene rings is 3. The van der Waals surface area contributed by atoms with Crippen molar-refractivity contribution >= 4 is 27.5 Å². The van der Waals surface area contributed by atoms with Crippen LogP contribution in [0.2, 0.25) is 0 Å². The highest BCUT2D eigenvalue weighted by Gasteiger charge is 2.26. The zero-order valence-electron chi connectivity index (χ0n) is 23.8. The normalized spacial score (nSPS) is 17.5. The van der Waals surface area contributed by atoms with E-state index >= 15 is 0 Å². The maximum absolute atomic E-state index is 12.1. The highest BCUT2D eigenvalue weighted by Crippen LogP contribution is 2.37. The summed E-state index contributed by atoms with van der Waals surface area (Å²) in [5, 5.41) is 14.6. The van der Waals surface area contributed by atoms with Gasteiger partial charge in [-0.3, -0.25) is 15.0 Å². The Morgan fingerprint density at radius 3 is 2.27 bits per heavy atom. The molecule has 1 saturated carbocycles. The van der Waals surface area contributed by atoms with Crippen LogP contribution < -0.4 is 15.2 Å². The van der Waals surface area contributed by atoms with Crippen molar-refractivity contribution in [2.24, 2.45) is 17.6 Å². The van der Waals surface area contributed by atoms with Crippen LogP contribution in [0.25, 0.3) is 21.8 Å². The number of hydrogen-bond donors (Lipinski definition) is 1. The fourth-order valence-electron chi connectivity index (χ4n) is 6.45.